The van der Waals surface area contributed by atoms with Gasteiger partial charge in [0, 0.05) is 12.1 Å². The molecule has 4 nitrogen and oxygen atoms in total. The number of nitrogens with one attached hydrogen (secondary N) is 1. The maximum absolute atomic E-state index is 10.6. The predicted octanol–water partition coefficient (Wildman–Crippen LogP) is 0.458. The lowest BCUT2D eigenvalue weighted by atomic mass is 10.0. The lowest BCUT2D eigenvalue weighted by molar-refractivity contribution is 0.111. The van der Waals surface area contributed by atoms with E-state index in [1.54, 1.807) is 7.05 Å². The van der Waals surface area contributed by atoms with E-state index >= 15 is 0 Å². The number of aliphatic hydroxyl groups is 1. The first-order valence-electron chi connectivity index (χ1n) is 4.29. The molecular formula is C10H13NO3. The second-order valence-corrected chi connectivity index (χ2v) is 3.00. The first-order valence-corrected chi connectivity index (χ1v) is 4.29. The molecular weight excluding hydrogens is 182 g/mol. The van der Waals surface area contributed by atoms with Gasteiger partial charge in [0.1, 0.15) is 12.0 Å². The molecule has 4 heteroatoms. The lowest BCUT2D eigenvalue weighted by Crippen LogP contribution is -2.17. The van der Waals surface area contributed by atoms with E-state index in [0.717, 1.165) is 0 Å². The predicted molar refractivity (Wildman–Crippen MR) is 52.4 cm³/mol. The SMILES string of the molecule is CNCC(O)c1cc(O)ccc1C=O. The normalized spacial score (nSPS) is 12.4. The number of rotatable bonds is 4. The maximum Gasteiger partial charge on any atom is 0.150 e. The lowest BCUT2D eigenvalue weighted by Gasteiger charge is -2.12. The molecule has 0 heterocycles. The summed E-state index contributed by atoms with van der Waals surface area (Å²) in [6.45, 7) is 0.338. The first kappa shape index (κ1) is 10.7. The Labute approximate surface area is 82.2 Å². The molecule has 0 aliphatic carbocycles. The van der Waals surface area contributed by atoms with Crippen molar-refractivity contribution in [1.29, 1.82) is 0 Å². The van der Waals surface area contributed by atoms with E-state index < -0.39 is 6.10 Å². The monoisotopic (exact) mass is 195 g/mol. The zero-order valence-corrected chi connectivity index (χ0v) is 7.90. The minimum atomic E-state index is -0.785. The molecule has 0 spiro atoms. The number of aliphatic hydroxyl groups excluding tert-OH is 1. The second-order valence-electron chi connectivity index (χ2n) is 3.00. The second kappa shape index (κ2) is 4.74. The fourth-order valence-electron chi connectivity index (χ4n) is 1.26. The van der Waals surface area contributed by atoms with Gasteiger partial charge in [-0.3, -0.25) is 4.79 Å². The van der Waals surface area contributed by atoms with Crippen molar-refractivity contribution in [1.82, 2.24) is 5.32 Å². The number of aromatic hydroxyl groups is 1. The Morgan fingerprint density at radius 2 is 2.29 bits per heavy atom. The van der Waals surface area contributed by atoms with Crippen LogP contribution in [0.4, 0.5) is 0 Å². The van der Waals surface area contributed by atoms with E-state index in [9.17, 15) is 15.0 Å². The first-order chi connectivity index (χ1) is 6.69. The standard InChI is InChI=1S/C10H13NO3/c1-11-5-10(14)9-4-8(13)3-2-7(9)6-12/h2-4,6,10-11,13-14H,5H2,1H3. The Morgan fingerprint density at radius 1 is 1.57 bits per heavy atom. The molecule has 0 radical (unpaired) electrons. The summed E-state index contributed by atoms with van der Waals surface area (Å²) in [5.74, 6) is 0.0424. The van der Waals surface area contributed by atoms with E-state index in [4.69, 9.17) is 0 Å². The van der Waals surface area contributed by atoms with E-state index in [1.165, 1.54) is 18.2 Å². The van der Waals surface area contributed by atoms with Crippen molar-refractivity contribution < 1.29 is 15.0 Å². The van der Waals surface area contributed by atoms with Crippen LogP contribution in [0, 0.1) is 0 Å². The molecule has 1 aromatic rings. The molecule has 0 aliphatic rings. The number of carbonyl (C=O) groups is 1. The Kier molecular flexibility index (Phi) is 3.62. The molecule has 1 aromatic carbocycles. The average molecular weight is 195 g/mol. The Balaban J connectivity index is 3.03. The largest absolute Gasteiger partial charge is 0.508 e. The topological polar surface area (TPSA) is 69.6 Å². The van der Waals surface area contributed by atoms with Crippen LogP contribution in [0.15, 0.2) is 18.2 Å². The summed E-state index contributed by atoms with van der Waals surface area (Å²) < 4.78 is 0. The van der Waals surface area contributed by atoms with Crippen LogP contribution < -0.4 is 5.32 Å². The number of hydrogen-bond acceptors (Lipinski definition) is 4. The molecule has 1 unspecified atom stereocenters. The summed E-state index contributed by atoms with van der Waals surface area (Å²) in [4.78, 5) is 10.6. The third-order valence-electron chi connectivity index (χ3n) is 1.95. The number of carbonyl (C=O) groups excluding carboxylic acids is 1. The molecule has 76 valence electrons. The van der Waals surface area contributed by atoms with E-state index in [0.29, 0.717) is 24.0 Å². The zero-order valence-electron chi connectivity index (χ0n) is 7.90. The number of likely N-dealkylation sites (N-methyl/N-ethyl adjacent to an activating group) is 1. The number of phenols is 1. The Morgan fingerprint density at radius 3 is 2.86 bits per heavy atom. The van der Waals surface area contributed by atoms with Crippen molar-refractivity contribution in [3.63, 3.8) is 0 Å². The van der Waals surface area contributed by atoms with E-state index in [2.05, 4.69) is 5.32 Å². The van der Waals surface area contributed by atoms with Gasteiger partial charge in [-0.15, -0.1) is 0 Å². The quantitative estimate of drug-likeness (QED) is 0.610. The van der Waals surface area contributed by atoms with Crippen LogP contribution >= 0.6 is 0 Å². The van der Waals surface area contributed by atoms with Gasteiger partial charge in [0.25, 0.3) is 0 Å². The zero-order chi connectivity index (χ0) is 10.6. The minimum Gasteiger partial charge on any atom is -0.508 e. The van der Waals surface area contributed by atoms with Crippen molar-refractivity contribution in [2.45, 2.75) is 6.10 Å². The van der Waals surface area contributed by atoms with Gasteiger partial charge < -0.3 is 15.5 Å². The molecule has 0 fully saturated rings. The van der Waals surface area contributed by atoms with Crippen LogP contribution in [0.2, 0.25) is 0 Å². The van der Waals surface area contributed by atoms with Gasteiger partial charge in [0.15, 0.2) is 0 Å². The summed E-state index contributed by atoms with van der Waals surface area (Å²) in [5.41, 5.74) is 0.833. The highest BCUT2D eigenvalue weighted by molar-refractivity contribution is 5.77. The van der Waals surface area contributed by atoms with Gasteiger partial charge in [-0.1, -0.05) is 0 Å². The van der Waals surface area contributed by atoms with Crippen molar-refractivity contribution in [2.24, 2.45) is 0 Å². The van der Waals surface area contributed by atoms with Crippen molar-refractivity contribution in [3.8, 4) is 5.75 Å². The van der Waals surface area contributed by atoms with Gasteiger partial charge in [-0.2, -0.15) is 0 Å². The van der Waals surface area contributed by atoms with Gasteiger partial charge in [0.2, 0.25) is 0 Å². The number of aldehydes is 1. The number of hydrogen-bond donors (Lipinski definition) is 3. The highest BCUT2D eigenvalue weighted by Crippen LogP contribution is 2.21. The van der Waals surface area contributed by atoms with Crippen LogP contribution in [-0.4, -0.2) is 30.1 Å². The molecule has 0 aliphatic heterocycles. The van der Waals surface area contributed by atoms with Crippen LogP contribution in [0.1, 0.15) is 22.0 Å². The third-order valence-corrected chi connectivity index (χ3v) is 1.95. The molecule has 0 saturated heterocycles. The molecule has 1 rings (SSSR count). The highest BCUT2D eigenvalue weighted by Gasteiger charge is 2.11. The summed E-state index contributed by atoms with van der Waals surface area (Å²) in [6.07, 6.45) is -0.125. The summed E-state index contributed by atoms with van der Waals surface area (Å²) in [7, 11) is 1.70. The molecule has 0 bridgehead atoms. The van der Waals surface area contributed by atoms with Gasteiger partial charge >= 0.3 is 0 Å². The molecule has 1 atom stereocenters. The van der Waals surface area contributed by atoms with Crippen LogP contribution in [0.25, 0.3) is 0 Å². The van der Waals surface area contributed by atoms with Crippen LogP contribution in [0.5, 0.6) is 5.75 Å². The van der Waals surface area contributed by atoms with E-state index in [1.807, 2.05) is 0 Å². The van der Waals surface area contributed by atoms with Crippen molar-refractivity contribution >= 4 is 6.29 Å². The van der Waals surface area contributed by atoms with Crippen LogP contribution in [-0.2, 0) is 0 Å². The summed E-state index contributed by atoms with van der Waals surface area (Å²) >= 11 is 0. The highest BCUT2D eigenvalue weighted by atomic mass is 16.3. The van der Waals surface area contributed by atoms with Crippen LogP contribution in [0.3, 0.4) is 0 Å². The van der Waals surface area contributed by atoms with Gasteiger partial charge in [-0.05, 0) is 30.8 Å². The fourth-order valence-corrected chi connectivity index (χ4v) is 1.26. The molecule has 0 amide bonds. The molecule has 3 N–H and O–H groups in total. The molecule has 0 aromatic heterocycles. The Bertz CT molecular complexity index is 325. The summed E-state index contributed by atoms with van der Waals surface area (Å²) in [5, 5.41) is 21.6. The molecule has 14 heavy (non-hydrogen) atoms. The van der Waals surface area contributed by atoms with Gasteiger partial charge in [-0.25, -0.2) is 0 Å². The van der Waals surface area contributed by atoms with E-state index in [-0.39, 0.29) is 5.75 Å². The third kappa shape index (κ3) is 2.31. The molecule has 0 saturated carbocycles. The summed E-state index contributed by atoms with van der Waals surface area (Å²) in [6, 6.07) is 4.29. The Hall–Kier alpha value is -1.39. The fraction of sp³-hybridized carbons (Fsp3) is 0.300. The van der Waals surface area contributed by atoms with Crippen molar-refractivity contribution in [3.05, 3.63) is 29.3 Å². The van der Waals surface area contributed by atoms with Crippen molar-refractivity contribution in [2.75, 3.05) is 13.6 Å². The van der Waals surface area contributed by atoms with Gasteiger partial charge in [0.05, 0.1) is 6.10 Å². The number of phenolic OH excluding ortho intramolecular Hbond substituents is 1. The number of benzene rings is 1. The average Bonchev–Trinajstić information content (AvgIpc) is 2.18. The minimum absolute atomic E-state index is 0.0424. The smallest absolute Gasteiger partial charge is 0.150 e. The maximum atomic E-state index is 10.6.